The van der Waals surface area contributed by atoms with E-state index in [1.54, 1.807) is 12.3 Å². The number of carboxylic acid groups (broad SMARTS) is 1. The number of aliphatic carboxylic acids is 1. The van der Waals surface area contributed by atoms with Gasteiger partial charge in [0.25, 0.3) is 0 Å². The highest BCUT2D eigenvalue weighted by atomic mass is 32.1. The van der Waals surface area contributed by atoms with Crippen LogP contribution < -0.4 is 5.73 Å². The number of hydrogen-bond donors (Lipinski definition) is 3. The van der Waals surface area contributed by atoms with Crippen LogP contribution in [-0.4, -0.2) is 21.3 Å². The molecule has 29 heavy (non-hydrogen) atoms. The number of nitrogens with two attached hydrogens (primary N) is 1. The van der Waals surface area contributed by atoms with E-state index in [0.717, 1.165) is 18.4 Å². The van der Waals surface area contributed by atoms with Gasteiger partial charge in [0.1, 0.15) is 5.82 Å². The van der Waals surface area contributed by atoms with Gasteiger partial charge in [0, 0.05) is 11.4 Å². The van der Waals surface area contributed by atoms with Crippen molar-refractivity contribution in [2.75, 3.05) is 5.73 Å². The molecule has 0 saturated heterocycles. The van der Waals surface area contributed by atoms with Gasteiger partial charge in [-0.05, 0) is 54.0 Å². The third-order valence-corrected chi connectivity index (χ3v) is 5.71. The molecule has 5 heteroatoms. The van der Waals surface area contributed by atoms with Gasteiger partial charge in [-0.15, -0.1) is 0 Å². The van der Waals surface area contributed by atoms with Crippen molar-refractivity contribution >= 4 is 24.4 Å². The number of aromatic nitrogens is 1. The summed E-state index contributed by atoms with van der Waals surface area (Å²) in [6, 6.07) is 22.4. The first-order chi connectivity index (χ1) is 14.0. The molecular weight excluding hydrogens is 380 g/mol. The van der Waals surface area contributed by atoms with Gasteiger partial charge in [0.2, 0.25) is 0 Å². The third kappa shape index (κ3) is 6.36. The van der Waals surface area contributed by atoms with Crippen LogP contribution in [0.2, 0.25) is 0 Å². The maximum Gasteiger partial charge on any atom is 0.307 e. The molecule has 4 nitrogen and oxygen atoms in total. The summed E-state index contributed by atoms with van der Waals surface area (Å²) in [7, 11) is 0. The molecule has 2 unspecified atom stereocenters. The Morgan fingerprint density at radius 1 is 0.931 bits per heavy atom. The van der Waals surface area contributed by atoms with E-state index < -0.39 is 11.9 Å². The Morgan fingerprint density at radius 2 is 1.55 bits per heavy atom. The first-order valence-electron chi connectivity index (χ1n) is 9.74. The number of anilines is 1. The van der Waals surface area contributed by atoms with Crippen LogP contribution in [0.15, 0.2) is 72.9 Å². The molecule has 3 aromatic rings. The second-order valence-electron chi connectivity index (χ2n) is 7.33. The topological polar surface area (TPSA) is 76.2 Å². The van der Waals surface area contributed by atoms with Crippen molar-refractivity contribution in [3.05, 3.63) is 95.2 Å². The fraction of sp³-hybridized carbons (Fsp3) is 0.250. The van der Waals surface area contributed by atoms with Gasteiger partial charge in [-0.3, -0.25) is 4.79 Å². The maximum absolute atomic E-state index is 11.7. The zero-order valence-corrected chi connectivity index (χ0v) is 17.1. The monoisotopic (exact) mass is 406 g/mol. The highest BCUT2D eigenvalue weighted by Crippen LogP contribution is 2.22. The Morgan fingerprint density at radius 3 is 2.17 bits per heavy atom. The van der Waals surface area contributed by atoms with Crippen molar-refractivity contribution in [3.8, 4) is 0 Å². The Labute approximate surface area is 177 Å². The molecule has 0 bridgehead atoms. The highest BCUT2D eigenvalue weighted by molar-refractivity contribution is 7.81. The number of nitrogens with zero attached hydrogens (tertiary/aromatic N) is 1. The van der Waals surface area contributed by atoms with Crippen LogP contribution >= 0.6 is 12.6 Å². The molecule has 0 aliphatic heterocycles. The lowest BCUT2D eigenvalue weighted by atomic mass is 9.93. The minimum atomic E-state index is -0.833. The zero-order valence-electron chi connectivity index (χ0n) is 16.2. The van der Waals surface area contributed by atoms with Gasteiger partial charge >= 0.3 is 5.97 Å². The number of benzene rings is 2. The van der Waals surface area contributed by atoms with Crippen molar-refractivity contribution in [1.29, 1.82) is 0 Å². The van der Waals surface area contributed by atoms with E-state index >= 15 is 0 Å². The van der Waals surface area contributed by atoms with Crippen LogP contribution in [0.1, 0.15) is 28.7 Å². The summed E-state index contributed by atoms with van der Waals surface area (Å²) < 4.78 is 0. The van der Waals surface area contributed by atoms with E-state index in [4.69, 9.17) is 5.73 Å². The first kappa shape index (κ1) is 20.9. The normalized spacial score (nSPS) is 13.0. The predicted molar refractivity (Wildman–Crippen MR) is 120 cm³/mol. The number of thiol groups is 1. The van der Waals surface area contributed by atoms with Gasteiger partial charge in [-0.2, -0.15) is 12.6 Å². The van der Waals surface area contributed by atoms with Crippen LogP contribution in [0.3, 0.4) is 0 Å². The third-order valence-electron chi connectivity index (χ3n) is 5.09. The van der Waals surface area contributed by atoms with Gasteiger partial charge < -0.3 is 10.8 Å². The summed E-state index contributed by atoms with van der Waals surface area (Å²) in [6.45, 7) is 0. The summed E-state index contributed by atoms with van der Waals surface area (Å²) in [4.78, 5) is 15.8. The number of nitrogen functional groups attached to an aromatic ring is 1. The van der Waals surface area contributed by atoms with Crippen LogP contribution in [-0.2, 0) is 24.1 Å². The molecule has 0 amide bonds. The molecule has 0 saturated carbocycles. The average Bonchev–Trinajstić information content (AvgIpc) is 2.73. The largest absolute Gasteiger partial charge is 0.481 e. The van der Waals surface area contributed by atoms with Crippen molar-refractivity contribution in [3.63, 3.8) is 0 Å². The van der Waals surface area contributed by atoms with Crippen LogP contribution in [0.4, 0.5) is 5.82 Å². The van der Waals surface area contributed by atoms with E-state index in [-0.39, 0.29) is 5.25 Å². The van der Waals surface area contributed by atoms with Gasteiger partial charge in [0.15, 0.2) is 0 Å². The fourth-order valence-electron chi connectivity index (χ4n) is 3.37. The lowest BCUT2D eigenvalue weighted by molar-refractivity contribution is -0.141. The van der Waals surface area contributed by atoms with Crippen molar-refractivity contribution in [2.45, 2.75) is 30.9 Å². The minimum absolute atomic E-state index is 0.242. The molecule has 0 aliphatic rings. The summed E-state index contributed by atoms with van der Waals surface area (Å²) in [5.74, 6) is -0.972. The van der Waals surface area contributed by atoms with E-state index in [2.05, 4.69) is 66.1 Å². The van der Waals surface area contributed by atoms with Crippen LogP contribution in [0.5, 0.6) is 0 Å². The Bertz CT molecular complexity index is 912. The molecule has 2 aromatic carbocycles. The number of carbonyl (C=O) groups is 1. The van der Waals surface area contributed by atoms with E-state index in [9.17, 15) is 9.90 Å². The van der Waals surface area contributed by atoms with E-state index in [1.165, 1.54) is 16.7 Å². The van der Waals surface area contributed by atoms with Crippen LogP contribution in [0.25, 0.3) is 0 Å². The molecule has 3 rings (SSSR count). The smallest absolute Gasteiger partial charge is 0.307 e. The fourth-order valence-corrected chi connectivity index (χ4v) is 3.73. The van der Waals surface area contributed by atoms with Crippen molar-refractivity contribution < 1.29 is 9.90 Å². The molecule has 0 aliphatic carbocycles. The van der Waals surface area contributed by atoms with Crippen LogP contribution in [0, 0.1) is 5.92 Å². The number of pyridine rings is 1. The number of aryl methyl sites for hydroxylation is 1. The summed E-state index contributed by atoms with van der Waals surface area (Å²) in [5, 5.41) is 9.40. The SMILES string of the molecule is Nc1ccc(CC(C(=O)O)C(S)CCc2ccc(Cc3ccccc3)cc2)cn1. The Balaban J connectivity index is 1.55. The number of rotatable bonds is 9. The zero-order chi connectivity index (χ0) is 20.6. The summed E-state index contributed by atoms with van der Waals surface area (Å²) in [5.41, 5.74) is 10.2. The lowest BCUT2D eigenvalue weighted by Crippen LogP contribution is -2.27. The molecule has 1 heterocycles. The molecular formula is C24H26N2O2S. The lowest BCUT2D eigenvalue weighted by Gasteiger charge is -2.19. The molecule has 0 radical (unpaired) electrons. The van der Waals surface area contributed by atoms with E-state index in [0.29, 0.717) is 18.7 Å². The second-order valence-corrected chi connectivity index (χ2v) is 7.99. The second kappa shape index (κ2) is 10.1. The van der Waals surface area contributed by atoms with Gasteiger partial charge in [-0.1, -0.05) is 60.7 Å². The molecule has 0 fully saturated rings. The standard InChI is InChI=1S/C24H26N2O2S/c25-23-13-11-20(16-26-23)15-21(24(27)28)22(29)12-10-17-6-8-19(9-7-17)14-18-4-2-1-3-5-18/h1-9,11,13,16,21-22,29H,10,12,14-15H2,(H2,25,26)(H,27,28). The Hall–Kier alpha value is -2.79. The summed E-state index contributed by atoms with van der Waals surface area (Å²) >= 11 is 4.61. The number of hydrogen-bond acceptors (Lipinski definition) is 4. The first-order valence-corrected chi connectivity index (χ1v) is 10.3. The van der Waals surface area contributed by atoms with Crippen molar-refractivity contribution in [2.24, 2.45) is 5.92 Å². The predicted octanol–water partition coefficient (Wildman–Crippen LogP) is 4.43. The molecule has 3 N–H and O–H groups in total. The Kier molecular flexibility index (Phi) is 7.30. The highest BCUT2D eigenvalue weighted by Gasteiger charge is 2.25. The molecule has 150 valence electrons. The molecule has 0 spiro atoms. The minimum Gasteiger partial charge on any atom is -0.481 e. The maximum atomic E-state index is 11.7. The average molecular weight is 407 g/mol. The summed E-state index contributed by atoms with van der Waals surface area (Å²) in [6.07, 6.45) is 4.43. The molecule has 2 atom stereocenters. The number of carboxylic acids is 1. The van der Waals surface area contributed by atoms with Crippen molar-refractivity contribution in [1.82, 2.24) is 4.98 Å². The van der Waals surface area contributed by atoms with E-state index in [1.807, 2.05) is 12.1 Å². The molecule has 1 aromatic heterocycles. The van der Waals surface area contributed by atoms with Gasteiger partial charge in [-0.25, -0.2) is 4.98 Å². The quantitative estimate of drug-likeness (QED) is 0.460. The van der Waals surface area contributed by atoms with Gasteiger partial charge in [0.05, 0.1) is 5.92 Å².